The summed E-state index contributed by atoms with van der Waals surface area (Å²) in [7, 11) is 0. The van der Waals surface area contributed by atoms with Gasteiger partial charge in [0.15, 0.2) is 0 Å². The maximum Gasteiger partial charge on any atom is 0.0349 e. The molecule has 3 fully saturated rings. The van der Waals surface area contributed by atoms with Crippen LogP contribution >= 0.6 is 11.8 Å². The molecular weight excluding hydrogens is 156 g/mol. The molecule has 0 radical (unpaired) electrons. The topological polar surface area (TPSA) is 15.3 Å². The van der Waals surface area contributed by atoms with Gasteiger partial charge in [0.25, 0.3) is 0 Å². The zero-order valence-electron chi connectivity index (χ0n) is 6.62. The van der Waals surface area contributed by atoms with E-state index in [4.69, 9.17) is 0 Å². The number of nitrogens with zero attached hydrogens (tertiary/aromatic N) is 1. The van der Waals surface area contributed by atoms with Gasteiger partial charge < -0.3 is 5.32 Å². The predicted octanol–water partition coefficient (Wildman–Crippen LogP) is 0.148. The van der Waals surface area contributed by atoms with Crippen molar-refractivity contribution in [3.05, 3.63) is 0 Å². The lowest BCUT2D eigenvalue weighted by Crippen LogP contribution is -2.59. The highest BCUT2D eigenvalue weighted by Gasteiger charge is 2.42. The normalized spacial score (nSPS) is 44.7. The van der Waals surface area contributed by atoms with Crippen molar-refractivity contribution >= 4 is 11.8 Å². The van der Waals surface area contributed by atoms with E-state index in [-0.39, 0.29) is 0 Å². The summed E-state index contributed by atoms with van der Waals surface area (Å²) in [5.74, 6) is 1.40. The molecule has 0 aromatic rings. The van der Waals surface area contributed by atoms with E-state index in [9.17, 15) is 0 Å². The van der Waals surface area contributed by atoms with Crippen molar-refractivity contribution in [2.75, 3.05) is 25.4 Å². The summed E-state index contributed by atoms with van der Waals surface area (Å²) in [6.45, 7) is 3.86. The first-order valence-electron chi connectivity index (χ1n) is 4.51. The number of hydrogen-bond acceptors (Lipinski definition) is 3. The SMILES string of the molecule is C1NCC1N1CC2CC1CS2. The fourth-order valence-electron chi connectivity index (χ4n) is 2.38. The molecule has 0 saturated carbocycles. The highest BCUT2D eigenvalue weighted by Crippen LogP contribution is 2.38. The average molecular weight is 170 g/mol. The minimum Gasteiger partial charge on any atom is -0.314 e. The third kappa shape index (κ3) is 0.945. The monoisotopic (exact) mass is 170 g/mol. The van der Waals surface area contributed by atoms with Gasteiger partial charge in [0.05, 0.1) is 0 Å². The summed E-state index contributed by atoms with van der Waals surface area (Å²) in [4.78, 5) is 2.73. The highest BCUT2D eigenvalue weighted by molar-refractivity contribution is 8.00. The average Bonchev–Trinajstić information content (AvgIpc) is 2.42. The Hall–Kier alpha value is 0.270. The van der Waals surface area contributed by atoms with Crippen molar-refractivity contribution in [2.24, 2.45) is 0 Å². The molecular formula is C8H14N2S. The third-order valence-corrected chi connectivity index (χ3v) is 4.56. The van der Waals surface area contributed by atoms with E-state index >= 15 is 0 Å². The van der Waals surface area contributed by atoms with Crippen molar-refractivity contribution in [2.45, 2.75) is 23.8 Å². The van der Waals surface area contributed by atoms with Crippen LogP contribution < -0.4 is 5.32 Å². The molecule has 1 N–H and O–H groups in total. The Morgan fingerprint density at radius 2 is 2.18 bits per heavy atom. The largest absolute Gasteiger partial charge is 0.314 e. The third-order valence-electron chi connectivity index (χ3n) is 3.17. The summed E-state index contributed by atoms with van der Waals surface area (Å²) in [5.41, 5.74) is 0. The summed E-state index contributed by atoms with van der Waals surface area (Å²) in [6.07, 6.45) is 1.47. The Morgan fingerprint density at radius 3 is 2.64 bits per heavy atom. The summed E-state index contributed by atoms with van der Waals surface area (Å²) < 4.78 is 0. The second-order valence-corrected chi connectivity index (χ2v) is 5.19. The van der Waals surface area contributed by atoms with Crippen LogP contribution in [-0.4, -0.2) is 47.6 Å². The minimum absolute atomic E-state index is 0.894. The van der Waals surface area contributed by atoms with Gasteiger partial charge in [-0.05, 0) is 6.42 Å². The maximum atomic E-state index is 3.35. The zero-order valence-corrected chi connectivity index (χ0v) is 7.44. The quantitative estimate of drug-likeness (QED) is 0.603. The van der Waals surface area contributed by atoms with Crippen LogP contribution in [0.3, 0.4) is 0 Å². The molecule has 2 nitrogen and oxygen atoms in total. The molecule has 0 aromatic carbocycles. The molecule has 3 rings (SSSR count). The molecule has 0 amide bonds. The van der Waals surface area contributed by atoms with Crippen molar-refractivity contribution in [1.29, 1.82) is 0 Å². The van der Waals surface area contributed by atoms with Crippen LogP contribution in [0.1, 0.15) is 6.42 Å². The predicted molar refractivity (Wildman–Crippen MR) is 48.0 cm³/mol. The second-order valence-electron chi connectivity index (χ2n) is 3.85. The fourth-order valence-corrected chi connectivity index (χ4v) is 3.84. The zero-order chi connectivity index (χ0) is 7.26. The molecule has 2 atom stereocenters. The lowest BCUT2D eigenvalue weighted by molar-refractivity contribution is 0.140. The number of rotatable bonds is 1. The van der Waals surface area contributed by atoms with E-state index in [2.05, 4.69) is 22.0 Å². The Balaban J connectivity index is 1.70. The maximum absolute atomic E-state index is 3.35. The number of fused-ring (bicyclic) bond motifs is 2. The summed E-state index contributed by atoms with van der Waals surface area (Å²) >= 11 is 2.19. The number of thioether (sulfide) groups is 1. The molecule has 3 heteroatoms. The highest BCUT2D eigenvalue weighted by atomic mass is 32.2. The first-order valence-corrected chi connectivity index (χ1v) is 5.56. The van der Waals surface area contributed by atoms with E-state index < -0.39 is 0 Å². The van der Waals surface area contributed by atoms with E-state index in [1.807, 2.05) is 0 Å². The van der Waals surface area contributed by atoms with Crippen LogP contribution in [0.5, 0.6) is 0 Å². The summed E-state index contributed by atoms with van der Waals surface area (Å²) in [6, 6.07) is 1.84. The first kappa shape index (κ1) is 6.75. The van der Waals surface area contributed by atoms with Crippen LogP contribution in [-0.2, 0) is 0 Å². The Kier molecular flexibility index (Phi) is 1.46. The molecule has 3 saturated heterocycles. The Bertz CT molecular complexity index is 169. The lowest BCUT2D eigenvalue weighted by Gasteiger charge is -2.40. The van der Waals surface area contributed by atoms with Gasteiger partial charge in [0.1, 0.15) is 0 Å². The van der Waals surface area contributed by atoms with Crippen LogP contribution in [0.15, 0.2) is 0 Å². The first-order chi connectivity index (χ1) is 5.43. The van der Waals surface area contributed by atoms with Crippen molar-refractivity contribution < 1.29 is 0 Å². The number of likely N-dealkylation sites (tertiary alicyclic amines) is 1. The fraction of sp³-hybridized carbons (Fsp3) is 1.00. The molecule has 0 aliphatic carbocycles. The van der Waals surface area contributed by atoms with Gasteiger partial charge in [0.2, 0.25) is 0 Å². The van der Waals surface area contributed by atoms with Crippen LogP contribution in [0, 0.1) is 0 Å². The van der Waals surface area contributed by atoms with Crippen molar-refractivity contribution in [3.63, 3.8) is 0 Å². The summed E-state index contributed by atoms with van der Waals surface area (Å²) in [5, 5.41) is 4.34. The van der Waals surface area contributed by atoms with Gasteiger partial charge >= 0.3 is 0 Å². The smallest absolute Gasteiger partial charge is 0.0349 e. The molecule has 11 heavy (non-hydrogen) atoms. The Labute approximate surface area is 71.7 Å². The van der Waals surface area contributed by atoms with Gasteiger partial charge in [-0.25, -0.2) is 0 Å². The molecule has 0 aromatic heterocycles. The van der Waals surface area contributed by atoms with Crippen molar-refractivity contribution in [3.8, 4) is 0 Å². The van der Waals surface area contributed by atoms with Crippen molar-refractivity contribution in [1.82, 2.24) is 10.2 Å². The molecule has 3 aliphatic heterocycles. The Morgan fingerprint density at radius 1 is 1.27 bits per heavy atom. The van der Waals surface area contributed by atoms with E-state index in [1.165, 1.54) is 31.8 Å². The number of hydrogen-bond donors (Lipinski definition) is 1. The molecule has 2 unspecified atom stereocenters. The van der Waals surface area contributed by atoms with E-state index in [1.54, 1.807) is 0 Å². The van der Waals surface area contributed by atoms with Gasteiger partial charge in [0, 0.05) is 42.7 Å². The van der Waals surface area contributed by atoms with E-state index in [0.29, 0.717) is 0 Å². The van der Waals surface area contributed by atoms with Crippen LogP contribution in [0.25, 0.3) is 0 Å². The van der Waals surface area contributed by atoms with Crippen LogP contribution in [0.2, 0.25) is 0 Å². The van der Waals surface area contributed by atoms with Crippen LogP contribution in [0.4, 0.5) is 0 Å². The lowest BCUT2D eigenvalue weighted by atomic mass is 10.1. The molecule has 62 valence electrons. The number of nitrogens with one attached hydrogen (secondary N) is 1. The minimum atomic E-state index is 0.894. The van der Waals surface area contributed by atoms with Gasteiger partial charge in [-0.3, -0.25) is 4.90 Å². The molecule has 0 spiro atoms. The molecule has 2 bridgehead atoms. The van der Waals surface area contributed by atoms with Gasteiger partial charge in [-0.2, -0.15) is 11.8 Å². The van der Waals surface area contributed by atoms with E-state index in [0.717, 1.165) is 17.3 Å². The second kappa shape index (κ2) is 2.38. The van der Waals surface area contributed by atoms with Gasteiger partial charge in [-0.15, -0.1) is 0 Å². The van der Waals surface area contributed by atoms with Gasteiger partial charge in [-0.1, -0.05) is 0 Å². The molecule has 3 aliphatic rings. The standard InChI is InChI=1S/C8H14N2S/c1-6-5-11-8(1)4-10(6)7-2-9-3-7/h6-9H,1-5H2. The molecule has 3 heterocycles.